The summed E-state index contributed by atoms with van der Waals surface area (Å²) in [6.07, 6.45) is 1.34. The van der Waals surface area contributed by atoms with Crippen LogP contribution in [0, 0.1) is 13.8 Å². The average molecular weight is 481 g/mol. The molecule has 0 radical (unpaired) electrons. The maximum Gasteiger partial charge on any atom is 0.277 e. The van der Waals surface area contributed by atoms with Crippen LogP contribution in [0.15, 0.2) is 80.5 Å². The molecule has 3 rings (SSSR count). The van der Waals surface area contributed by atoms with Gasteiger partial charge in [0.2, 0.25) is 0 Å². The van der Waals surface area contributed by atoms with Gasteiger partial charge in [-0.2, -0.15) is 15.3 Å². The van der Waals surface area contributed by atoms with Gasteiger partial charge in [-0.3, -0.25) is 4.79 Å². The van der Waals surface area contributed by atoms with E-state index in [2.05, 4.69) is 36.7 Å². The molecule has 0 aliphatic carbocycles. The topological polar surface area (TPSA) is 95.6 Å². The molecule has 0 aliphatic heterocycles. The number of halogens is 1. The molecule has 3 aromatic rings. The molecule has 1 amide bonds. The highest BCUT2D eigenvalue weighted by Crippen LogP contribution is 2.25. The van der Waals surface area contributed by atoms with Crippen LogP contribution < -0.4 is 10.2 Å². The first-order valence-corrected chi connectivity index (χ1v) is 10.2. The highest BCUT2D eigenvalue weighted by molar-refractivity contribution is 9.10. The smallest absolute Gasteiger partial charge is 0.277 e. The van der Waals surface area contributed by atoms with Gasteiger partial charge in [0.05, 0.1) is 17.6 Å². The number of amides is 1. The summed E-state index contributed by atoms with van der Waals surface area (Å²) in [4.78, 5) is 12.0. The maximum absolute atomic E-state index is 12.0. The molecule has 0 saturated heterocycles. The molecule has 7 nitrogen and oxygen atoms in total. The fraction of sp³-hybridized carbons (Fsp3) is 0.130. The lowest BCUT2D eigenvalue weighted by Crippen LogP contribution is -2.24. The number of rotatable bonds is 7. The summed E-state index contributed by atoms with van der Waals surface area (Å²) in [7, 11) is 0. The van der Waals surface area contributed by atoms with E-state index in [0.717, 1.165) is 15.6 Å². The Hall–Kier alpha value is -3.52. The number of azo groups is 1. The Morgan fingerprint density at radius 3 is 2.58 bits per heavy atom. The minimum atomic E-state index is -0.415. The first-order valence-electron chi connectivity index (χ1n) is 9.43. The standard InChI is InChI=1S/C23H21BrN4O3/c1-15-5-3-8-22(16(15)2)31-14-23(30)28-25-13-17-11-20(9-10-21(17)29)27-26-19-7-4-6-18(24)12-19/h3-13,29H,14H2,1-2H3,(H,28,30)/b25-13-,27-26?. The number of aromatic hydroxyl groups is 1. The summed E-state index contributed by atoms with van der Waals surface area (Å²) in [6, 6.07) is 17.8. The summed E-state index contributed by atoms with van der Waals surface area (Å²) in [5, 5.41) is 22.2. The summed E-state index contributed by atoms with van der Waals surface area (Å²) >= 11 is 3.38. The van der Waals surface area contributed by atoms with Gasteiger partial charge in [-0.15, -0.1) is 0 Å². The molecule has 158 valence electrons. The molecule has 0 aromatic heterocycles. The van der Waals surface area contributed by atoms with E-state index >= 15 is 0 Å². The van der Waals surface area contributed by atoms with Crippen molar-refractivity contribution >= 4 is 39.4 Å². The van der Waals surface area contributed by atoms with Crippen molar-refractivity contribution in [3.8, 4) is 11.5 Å². The Labute approximate surface area is 188 Å². The van der Waals surface area contributed by atoms with E-state index in [1.54, 1.807) is 12.1 Å². The predicted molar refractivity (Wildman–Crippen MR) is 124 cm³/mol. The van der Waals surface area contributed by atoms with Crippen LogP contribution in [0.25, 0.3) is 0 Å². The van der Waals surface area contributed by atoms with E-state index in [0.29, 0.717) is 22.7 Å². The number of nitrogens with one attached hydrogen (secondary N) is 1. The molecule has 0 fully saturated rings. The molecule has 31 heavy (non-hydrogen) atoms. The fourth-order valence-corrected chi connectivity index (χ4v) is 2.98. The van der Waals surface area contributed by atoms with Crippen molar-refractivity contribution in [1.82, 2.24) is 5.43 Å². The van der Waals surface area contributed by atoms with Crippen LogP contribution in [0.4, 0.5) is 11.4 Å². The number of ether oxygens (including phenoxy) is 1. The lowest BCUT2D eigenvalue weighted by Gasteiger charge is -2.09. The SMILES string of the molecule is Cc1cccc(OCC(=O)N/N=C\c2cc(N=Nc3cccc(Br)c3)ccc2O)c1C. The number of carbonyl (C=O) groups is 1. The van der Waals surface area contributed by atoms with Crippen LogP contribution in [0.2, 0.25) is 0 Å². The first-order chi connectivity index (χ1) is 14.9. The van der Waals surface area contributed by atoms with E-state index in [1.807, 2.05) is 56.3 Å². The molecule has 2 N–H and O–H groups in total. The second kappa shape index (κ2) is 10.5. The summed E-state index contributed by atoms with van der Waals surface area (Å²) in [5.41, 5.74) is 6.06. The van der Waals surface area contributed by atoms with Crippen molar-refractivity contribution in [2.24, 2.45) is 15.3 Å². The third-order valence-electron chi connectivity index (χ3n) is 4.41. The van der Waals surface area contributed by atoms with Crippen LogP contribution in [0.1, 0.15) is 16.7 Å². The molecule has 0 saturated carbocycles. The number of benzene rings is 3. The molecule has 3 aromatic carbocycles. The molecule has 0 unspecified atom stereocenters. The summed E-state index contributed by atoms with van der Waals surface area (Å²) < 4.78 is 6.44. The van der Waals surface area contributed by atoms with Crippen LogP contribution in [0.5, 0.6) is 11.5 Å². The quantitative estimate of drug-likeness (QED) is 0.257. The Balaban J connectivity index is 1.59. The van der Waals surface area contributed by atoms with Crippen LogP contribution in [-0.4, -0.2) is 23.8 Å². The van der Waals surface area contributed by atoms with Gasteiger partial charge in [-0.05, 0) is 67.4 Å². The Morgan fingerprint density at radius 2 is 1.81 bits per heavy atom. The maximum atomic E-state index is 12.0. The molecule has 0 spiro atoms. The summed E-state index contributed by atoms with van der Waals surface area (Å²) in [6.45, 7) is 3.74. The summed E-state index contributed by atoms with van der Waals surface area (Å²) in [5.74, 6) is 0.244. The zero-order chi connectivity index (χ0) is 22.2. The van der Waals surface area contributed by atoms with Gasteiger partial charge in [-0.25, -0.2) is 5.43 Å². The van der Waals surface area contributed by atoms with Gasteiger partial charge in [0.25, 0.3) is 5.91 Å². The third-order valence-corrected chi connectivity index (χ3v) is 4.90. The lowest BCUT2D eigenvalue weighted by atomic mass is 10.1. The zero-order valence-corrected chi connectivity index (χ0v) is 18.6. The van der Waals surface area contributed by atoms with E-state index in [-0.39, 0.29) is 12.4 Å². The van der Waals surface area contributed by atoms with Crippen molar-refractivity contribution < 1.29 is 14.6 Å². The number of hydrogen-bond acceptors (Lipinski definition) is 6. The predicted octanol–water partition coefficient (Wildman–Crippen LogP) is 5.72. The number of hydrogen-bond donors (Lipinski definition) is 2. The van der Waals surface area contributed by atoms with Crippen molar-refractivity contribution in [2.75, 3.05) is 6.61 Å². The van der Waals surface area contributed by atoms with E-state index in [1.165, 1.54) is 12.3 Å². The Bertz CT molecular complexity index is 1150. The van der Waals surface area contributed by atoms with Gasteiger partial charge in [0, 0.05) is 10.0 Å². The van der Waals surface area contributed by atoms with E-state index < -0.39 is 5.91 Å². The minimum absolute atomic E-state index is 0.00559. The van der Waals surface area contributed by atoms with Crippen molar-refractivity contribution in [1.29, 1.82) is 0 Å². The number of hydrazone groups is 1. The van der Waals surface area contributed by atoms with Crippen molar-refractivity contribution in [3.63, 3.8) is 0 Å². The molecular weight excluding hydrogens is 460 g/mol. The number of aryl methyl sites for hydroxylation is 1. The van der Waals surface area contributed by atoms with Crippen LogP contribution in [-0.2, 0) is 4.79 Å². The van der Waals surface area contributed by atoms with Gasteiger partial charge in [0.1, 0.15) is 11.5 Å². The van der Waals surface area contributed by atoms with Crippen LogP contribution >= 0.6 is 15.9 Å². The first kappa shape index (κ1) is 22.2. The Morgan fingerprint density at radius 1 is 1.06 bits per heavy atom. The zero-order valence-electron chi connectivity index (χ0n) is 17.0. The monoisotopic (exact) mass is 480 g/mol. The normalized spacial score (nSPS) is 11.2. The number of nitrogens with zero attached hydrogens (tertiary/aromatic N) is 3. The van der Waals surface area contributed by atoms with Crippen molar-refractivity contribution in [2.45, 2.75) is 13.8 Å². The third kappa shape index (κ3) is 6.48. The lowest BCUT2D eigenvalue weighted by molar-refractivity contribution is -0.123. The fourth-order valence-electron chi connectivity index (χ4n) is 2.59. The number of phenolic OH excluding ortho intramolecular Hbond substituents is 1. The van der Waals surface area contributed by atoms with E-state index in [4.69, 9.17) is 4.74 Å². The molecule has 8 heteroatoms. The molecule has 0 heterocycles. The van der Waals surface area contributed by atoms with Gasteiger partial charge < -0.3 is 9.84 Å². The minimum Gasteiger partial charge on any atom is -0.507 e. The molecule has 0 aliphatic rings. The largest absolute Gasteiger partial charge is 0.507 e. The van der Waals surface area contributed by atoms with Crippen LogP contribution in [0.3, 0.4) is 0 Å². The van der Waals surface area contributed by atoms with Gasteiger partial charge >= 0.3 is 0 Å². The second-order valence-electron chi connectivity index (χ2n) is 6.70. The highest BCUT2D eigenvalue weighted by atomic mass is 79.9. The number of phenols is 1. The average Bonchev–Trinajstić information content (AvgIpc) is 2.75. The Kier molecular flexibility index (Phi) is 7.50. The molecule has 0 atom stereocenters. The van der Waals surface area contributed by atoms with Gasteiger partial charge in [0.15, 0.2) is 6.61 Å². The highest BCUT2D eigenvalue weighted by Gasteiger charge is 2.06. The van der Waals surface area contributed by atoms with Crippen molar-refractivity contribution in [3.05, 3.63) is 81.8 Å². The van der Waals surface area contributed by atoms with Gasteiger partial charge in [-0.1, -0.05) is 34.1 Å². The molecule has 0 bridgehead atoms. The number of carbonyl (C=O) groups excluding carboxylic acids is 1. The van der Waals surface area contributed by atoms with E-state index in [9.17, 15) is 9.90 Å². The second-order valence-corrected chi connectivity index (χ2v) is 7.62. The molecular formula is C23H21BrN4O3.